The Morgan fingerprint density at radius 2 is 0.719 bits per heavy atom. The second kappa shape index (κ2) is 54.7. The summed E-state index contributed by atoms with van der Waals surface area (Å²) in [6, 6.07) is 0. The average Bonchev–Trinajstić information content (AvgIpc) is 3.30. The van der Waals surface area contributed by atoms with Crippen LogP contribution in [0.15, 0.2) is 72.9 Å². The summed E-state index contributed by atoms with van der Waals surface area (Å²) < 4.78 is 17.4. The van der Waals surface area contributed by atoms with E-state index < -0.39 is 6.10 Å². The Labute approximate surface area is 397 Å². The predicted octanol–water partition coefficient (Wildman–Crippen LogP) is 18.7. The van der Waals surface area contributed by atoms with E-state index in [1.165, 1.54) is 141 Å². The first kappa shape index (κ1) is 61.3. The number of unbranched alkanes of at least 4 members (excludes halogenated alkanes) is 27. The normalized spacial score (nSPS) is 12.7. The van der Waals surface area contributed by atoms with Crippen LogP contribution >= 0.6 is 0 Å². The van der Waals surface area contributed by atoms with E-state index in [-0.39, 0.29) is 25.2 Å². The Hall–Kier alpha value is -2.66. The van der Waals surface area contributed by atoms with Crippen LogP contribution in [0.1, 0.15) is 265 Å². The Balaban J connectivity index is 4.25. The lowest BCUT2D eigenvalue weighted by Gasteiger charge is -2.18. The van der Waals surface area contributed by atoms with Gasteiger partial charge in [-0.2, -0.15) is 0 Å². The Morgan fingerprint density at radius 3 is 1.19 bits per heavy atom. The van der Waals surface area contributed by atoms with E-state index in [2.05, 4.69) is 93.7 Å². The molecule has 0 aromatic heterocycles. The summed E-state index contributed by atoms with van der Waals surface area (Å²) in [5.74, 6) is -0.421. The molecule has 0 heterocycles. The number of ether oxygens (including phenoxy) is 3. The molecule has 0 rings (SSSR count). The Morgan fingerprint density at radius 1 is 0.359 bits per heavy atom. The minimum Gasteiger partial charge on any atom is -0.462 e. The maximum atomic E-state index is 12.8. The Bertz CT molecular complexity index is 1150. The monoisotopic (exact) mass is 893 g/mol. The highest BCUT2D eigenvalue weighted by molar-refractivity contribution is 5.70. The molecular formula is C59H104O5. The molecule has 0 saturated heterocycles. The quantitative estimate of drug-likeness (QED) is 0.0346. The SMILES string of the molecule is CC/C=C\C/C=C\C/C=C\C/C=C\CCCCCCCCC(=O)OCC(COCCCCCCCCCC/C=C\CCCCCCCC)OC(=O)CCCCCCC/C=C\CCCC. The number of rotatable bonds is 50. The first-order valence-electron chi connectivity index (χ1n) is 27.5. The van der Waals surface area contributed by atoms with Crippen LogP contribution in [0.2, 0.25) is 0 Å². The van der Waals surface area contributed by atoms with E-state index >= 15 is 0 Å². The maximum absolute atomic E-state index is 12.8. The second-order valence-electron chi connectivity index (χ2n) is 18.1. The van der Waals surface area contributed by atoms with Crippen molar-refractivity contribution >= 4 is 11.9 Å². The number of esters is 2. The number of hydrogen-bond donors (Lipinski definition) is 0. The van der Waals surface area contributed by atoms with Crippen molar-refractivity contribution in [1.29, 1.82) is 0 Å². The highest BCUT2D eigenvalue weighted by atomic mass is 16.6. The first-order valence-corrected chi connectivity index (χ1v) is 27.5. The zero-order chi connectivity index (χ0) is 46.3. The second-order valence-corrected chi connectivity index (χ2v) is 18.1. The van der Waals surface area contributed by atoms with Gasteiger partial charge in [0, 0.05) is 19.4 Å². The molecule has 64 heavy (non-hydrogen) atoms. The summed E-state index contributed by atoms with van der Waals surface area (Å²) in [6.07, 6.45) is 70.6. The van der Waals surface area contributed by atoms with Gasteiger partial charge in [-0.05, 0) is 103 Å². The molecule has 0 aliphatic carbocycles. The van der Waals surface area contributed by atoms with Gasteiger partial charge in [-0.1, -0.05) is 222 Å². The van der Waals surface area contributed by atoms with Crippen LogP contribution in [0.3, 0.4) is 0 Å². The third-order valence-electron chi connectivity index (χ3n) is 11.7. The molecule has 1 unspecified atom stereocenters. The van der Waals surface area contributed by atoms with Crippen LogP contribution < -0.4 is 0 Å². The van der Waals surface area contributed by atoms with E-state index in [0.29, 0.717) is 19.4 Å². The van der Waals surface area contributed by atoms with E-state index in [0.717, 1.165) is 89.9 Å². The van der Waals surface area contributed by atoms with Crippen LogP contribution in [0, 0.1) is 0 Å². The summed E-state index contributed by atoms with van der Waals surface area (Å²) in [5, 5.41) is 0. The lowest BCUT2D eigenvalue weighted by Crippen LogP contribution is -2.30. The summed E-state index contributed by atoms with van der Waals surface area (Å²) in [7, 11) is 0. The number of hydrogen-bond acceptors (Lipinski definition) is 5. The number of carbonyl (C=O) groups is 2. The smallest absolute Gasteiger partial charge is 0.306 e. The summed E-state index contributed by atoms with van der Waals surface area (Å²) in [4.78, 5) is 25.4. The largest absolute Gasteiger partial charge is 0.462 e. The molecule has 0 bridgehead atoms. The fourth-order valence-electron chi connectivity index (χ4n) is 7.59. The van der Waals surface area contributed by atoms with Gasteiger partial charge in [-0.3, -0.25) is 9.59 Å². The van der Waals surface area contributed by atoms with Gasteiger partial charge >= 0.3 is 11.9 Å². The minimum absolute atomic E-state index is 0.0720. The molecule has 370 valence electrons. The molecule has 5 nitrogen and oxygen atoms in total. The van der Waals surface area contributed by atoms with E-state index in [1.807, 2.05) is 0 Å². The van der Waals surface area contributed by atoms with Crippen LogP contribution in [0.4, 0.5) is 0 Å². The van der Waals surface area contributed by atoms with Crippen molar-refractivity contribution in [1.82, 2.24) is 0 Å². The standard InChI is InChI=1S/C59H104O5/c1-4-7-10-13-16-19-22-24-26-28-30-31-33-35-38-40-43-46-49-52-58(60)63-56-57(64-59(61)53-50-47-44-41-37-21-18-15-12-9-6-3)55-62-54-51-48-45-42-39-36-34-32-29-27-25-23-20-17-14-11-8-5-2/h7,10,15-16,18-19,24-27,30-31,57H,4-6,8-9,11-14,17,20-23,28-29,32-56H2,1-3H3/b10-7-,18-15-,19-16-,26-24-,27-25-,31-30-. The van der Waals surface area contributed by atoms with E-state index in [9.17, 15) is 9.59 Å². The fraction of sp³-hybridized carbons (Fsp3) is 0.763. The number of carbonyl (C=O) groups excluding carboxylic acids is 2. The van der Waals surface area contributed by atoms with Crippen LogP contribution in [0.25, 0.3) is 0 Å². The molecule has 5 heteroatoms. The molecular weight excluding hydrogens is 789 g/mol. The molecule has 0 fully saturated rings. The lowest BCUT2D eigenvalue weighted by atomic mass is 10.1. The van der Waals surface area contributed by atoms with E-state index in [4.69, 9.17) is 14.2 Å². The average molecular weight is 893 g/mol. The summed E-state index contributed by atoms with van der Waals surface area (Å²) in [5.41, 5.74) is 0. The first-order chi connectivity index (χ1) is 31.6. The van der Waals surface area contributed by atoms with Crippen molar-refractivity contribution in [3.05, 3.63) is 72.9 Å². The molecule has 0 saturated carbocycles. The van der Waals surface area contributed by atoms with Crippen LogP contribution in [-0.2, 0) is 23.8 Å². The molecule has 0 aliphatic heterocycles. The van der Waals surface area contributed by atoms with Crippen molar-refractivity contribution in [2.75, 3.05) is 19.8 Å². The van der Waals surface area contributed by atoms with Crippen molar-refractivity contribution < 1.29 is 23.8 Å². The third kappa shape index (κ3) is 52.0. The molecule has 0 spiro atoms. The van der Waals surface area contributed by atoms with Gasteiger partial charge in [0.2, 0.25) is 0 Å². The molecule has 0 aromatic carbocycles. The molecule has 0 aliphatic rings. The topological polar surface area (TPSA) is 61.8 Å². The molecule has 0 N–H and O–H groups in total. The van der Waals surface area contributed by atoms with Crippen molar-refractivity contribution in [2.45, 2.75) is 271 Å². The zero-order valence-electron chi connectivity index (χ0n) is 42.5. The molecule has 1 atom stereocenters. The fourth-order valence-corrected chi connectivity index (χ4v) is 7.59. The van der Waals surface area contributed by atoms with Gasteiger partial charge in [-0.25, -0.2) is 0 Å². The maximum Gasteiger partial charge on any atom is 0.306 e. The highest BCUT2D eigenvalue weighted by Crippen LogP contribution is 2.14. The van der Waals surface area contributed by atoms with Gasteiger partial charge < -0.3 is 14.2 Å². The summed E-state index contributed by atoms with van der Waals surface area (Å²) >= 11 is 0. The molecule has 0 amide bonds. The minimum atomic E-state index is -0.550. The molecule has 0 radical (unpaired) electrons. The van der Waals surface area contributed by atoms with Gasteiger partial charge in [0.05, 0.1) is 6.61 Å². The van der Waals surface area contributed by atoms with Crippen molar-refractivity contribution in [3.8, 4) is 0 Å². The van der Waals surface area contributed by atoms with Gasteiger partial charge in [0.1, 0.15) is 6.61 Å². The molecule has 0 aromatic rings. The van der Waals surface area contributed by atoms with Crippen molar-refractivity contribution in [2.24, 2.45) is 0 Å². The Kier molecular flexibility index (Phi) is 52.4. The number of allylic oxidation sites excluding steroid dienone is 12. The van der Waals surface area contributed by atoms with Gasteiger partial charge in [0.15, 0.2) is 6.10 Å². The van der Waals surface area contributed by atoms with Crippen LogP contribution in [-0.4, -0.2) is 37.9 Å². The third-order valence-corrected chi connectivity index (χ3v) is 11.7. The summed E-state index contributed by atoms with van der Waals surface area (Å²) in [6.45, 7) is 7.67. The van der Waals surface area contributed by atoms with Crippen LogP contribution in [0.5, 0.6) is 0 Å². The van der Waals surface area contributed by atoms with Crippen molar-refractivity contribution in [3.63, 3.8) is 0 Å². The van der Waals surface area contributed by atoms with Gasteiger partial charge in [-0.15, -0.1) is 0 Å². The highest BCUT2D eigenvalue weighted by Gasteiger charge is 2.17. The van der Waals surface area contributed by atoms with Gasteiger partial charge in [0.25, 0.3) is 0 Å². The predicted molar refractivity (Wildman–Crippen MR) is 279 cm³/mol. The van der Waals surface area contributed by atoms with E-state index in [1.54, 1.807) is 0 Å². The zero-order valence-corrected chi connectivity index (χ0v) is 42.5. The lowest BCUT2D eigenvalue weighted by molar-refractivity contribution is -0.163.